The van der Waals surface area contributed by atoms with Crippen molar-refractivity contribution in [1.82, 2.24) is 5.32 Å². The van der Waals surface area contributed by atoms with Crippen LogP contribution in [-0.4, -0.2) is 50.4 Å². The number of methoxy groups -OCH3 is 2. The molecule has 268 valence electrons. The number of benzene rings is 4. The minimum atomic E-state index is -0.776. The maximum Gasteiger partial charge on any atom is 0.343 e. The standard InChI is InChI=1S/C41H46N2O8/c1-5-6-7-8-9-22-50-34-20-14-32(15-21-34)41(47)51-35-18-10-29(11-19-35)25-38(28(2)44)43-40(46)31-12-16-33(17-13-31)42-39(45)26-30-23-36(48-3)27-37(24-30)49-4/h10-21,23-24,27,38H,5-9,22,25-26H2,1-4H3,(H,42,45)(H,43,46)/t38-/m0/s1. The maximum absolute atomic E-state index is 13.0. The van der Waals surface area contributed by atoms with Crippen molar-refractivity contribution < 1.29 is 38.1 Å². The van der Waals surface area contributed by atoms with Gasteiger partial charge in [0, 0.05) is 17.3 Å². The lowest BCUT2D eigenvalue weighted by molar-refractivity contribution is -0.119. The molecule has 2 N–H and O–H groups in total. The van der Waals surface area contributed by atoms with Gasteiger partial charge in [-0.25, -0.2) is 4.79 Å². The van der Waals surface area contributed by atoms with E-state index in [2.05, 4.69) is 17.6 Å². The molecule has 4 aromatic rings. The highest BCUT2D eigenvalue weighted by Crippen LogP contribution is 2.23. The van der Waals surface area contributed by atoms with Gasteiger partial charge in [0.1, 0.15) is 23.0 Å². The smallest absolute Gasteiger partial charge is 0.343 e. The topological polar surface area (TPSA) is 129 Å². The molecule has 2 amide bonds. The van der Waals surface area contributed by atoms with Crippen LogP contribution >= 0.6 is 0 Å². The van der Waals surface area contributed by atoms with Gasteiger partial charge in [0.15, 0.2) is 5.78 Å². The van der Waals surface area contributed by atoms with E-state index in [-0.39, 0.29) is 24.5 Å². The van der Waals surface area contributed by atoms with Gasteiger partial charge in [-0.1, -0.05) is 44.7 Å². The fraction of sp³-hybridized carbons (Fsp3) is 0.317. The number of unbranched alkanes of at least 4 members (excludes halogenated alkanes) is 4. The lowest BCUT2D eigenvalue weighted by atomic mass is 10.0. The summed E-state index contributed by atoms with van der Waals surface area (Å²) in [6.07, 6.45) is 6.15. The summed E-state index contributed by atoms with van der Waals surface area (Å²) < 4.78 is 21.8. The molecule has 0 aliphatic carbocycles. The second kappa shape index (κ2) is 19.5. The van der Waals surface area contributed by atoms with E-state index in [0.717, 1.165) is 24.0 Å². The zero-order valence-electron chi connectivity index (χ0n) is 29.7. The first-order chi connectivity index (χ1) is 24.7. The van der Waals surface area contributed by atoms with Crippen molar-refractivity contribution in [3.63, 3.8) is 0 Å². The van der Waals surface area contributed by atoms with Crippen LogP contribution in [0, 0.1) is 0 Å². The molecule has 0 heterocycles. The lowest BCUT2D eigenvalue weighted by Crippen LogP contribution is -2.41. The zero-order chi connectivity index (χ0) is 36.6. The van der Waals surface area contributed by atoms with E-state index in [4.69, 9.17) is 18.9 Å². The number of amides is 2. The summed E-state index contributed by atoms with van der Waals surface area (Å²) in [6.45, 7) is 4.25. The fourth-order valence-corrected chi connectivity index (χ4v) is 5.28. The summed E-state index contributed by atoms with van der Waals surface area (Å²) in [5.74, 6) is 0.861. The van der Waals surface area contributed by atoms with Crippen LogP contribution in [-0.2, 0) is 22.4 Å². The molecule has 51 heavy (non-hydrogen) atoms. The monoisotopic (exact) mass is 694 g/mol. The Bertz CT molecular complexity index is 1730. The molecule has 0 fully saturated rings. The molecule has 0 radical (unpaired) electrons. The number of carbonyl (C=O) groups is 4. The van der Waals surface area contributed by atoms with Crippen LogP contribution in [0.2, 0.25) is 0 Å². The molecule has 10 heteroatoms. The Morgan fingerprint density at radius 2 is 1.27 bits per heavy atom. The molecule has 0 unspecified atom stereocenters. The Morgan fingerprint density at radius 3 is 1.88 bits per heavy atom. The molecule has 1 atom stereocenters. The van der Waals surface area contributed by atoms with Gasteiger partial charge >= 0.3 is 5.97 Å². The van der Waals surface area contributed by atoms with Crippen molar-refractivity contribution in [2.45, 2.75) is 64.8 Å². The number of rotatable bonds is 19. The van der Waals surface area contributed by atoms with Crippen molar-refractivity contribution in [3.05, 3.63) is 113 Å². The fourth-order valence-electron chi connectivity index (χ4n) is 5.28. The number of Topliss-reactive ketones (excluding diaryl/α,β-unsaturated/α-hetero) is 1. The molecular formula is C41H46N2O8. The van der Waals surface area contributed by atoms with Crippen LogP contribution < -0.4 is 29.6 Å². The van der Waals surface area contributed by atoms with Crippen molar-refractivity contribution in [1.29, 1.82) is 0 Å². The van der Waals surface area contributed by atoms with E-state index in [9.17, 15) is 19.2 Å². The minimum Gasteiger partial charge on any atom is -0.497 e. The third-order valence-electron chi connectivity index (χ3n) is 8.18. The summed E-state index contributed by atoms with van der Waals surface area (Å²) in [5, 5.41) is 5.62. The Kier molecular flexibility index (Phi) is 14.6. The predicted octanol–water partition coefficient (Wildman–Crippen LogP) is 7.38. The van der Waals surface area contributed by atoms with Gasteiger partial charge in [-0.15, -0.1) is 0 Å². The highest BCUT2D eigenvalue weighted by atomic mass is 16.5. The number of anilines is 1. The van der Waals surface area contributed by atoms with Gasteiger partial charge in [0.25, 0.3) is 5.91 Å². The molecule has 4 rings (SSSR count). The molecule has 0 aliphatic heterocycles. The molecule has 0 bridgehead atoms. The summed E-state index contributed by atoms with van der Waals surface area (Å²) in [4.78, 5) is 50.9. The quantitative estimate of drug-likeness (QED) is 0.0591. The van der Waals surface area contributed by atoms with E-state index in [1.165, 1.54) is 26.2 Å². The molecule has 0 aromatic heterocycles. The van der Waals surface area contributed by atoms with Gasteiger partial charge in [-0.2, -0.15) is 0 Å². The molecule has 10 nitrogen and oxygen atoms in total. The zero-order valence-corrected chi connectivity index (χ0v) is 29.7. The van der Waals surface area contributed by atoms with Gasteiger partial charge in [-0.3, -0.25) is 14.4 Å². The number of nitrogens with one attached hydrogen (secondary N) is 2. The third-order valence-corrected chi connectivity index (χ3v) is 8.18. The summed E-state index contributed by atoms with van der Waals surface area (Å²) in [7, 11) is 3.09. The number of hydrogen-bond acceptors (Lipinski definition) is 8. The number of hydrogen-bond donors (Lipinski definition) is 2. The predicted molar refractivity (Wildman–Crippen MR) is 196 cm³/mol. The largest absolute Gasteiger partial charge is 0.497 e. The summed E-state index contributed by atoms with van der Waals surface area (Å²) in [5.41, 5.74) is 2.75. The van der Waals surface area contributed by atoms with Crippen LogP contribution in [0.1, 0.15) is 77.8 Å². The molecule has 0 aliphatic rings. The Labute approximate surface area is 299 Å². The minimum absolute atomic E-state index is 0.0997. The molecule has 0 spiro atoms. The van der Waals surface area contributed by atoms with Gasteiger partial charge < -0.3 is 29.6 Å². The normalized spacial score (nSPS) is 11.2. The Morgan fingerprint density at radius 1 is 0.667 bits per heavy atom. The van der Waals surface area contributed by atoms with Crippen LogP contribution in [0.5, 0.6) is 23.0 Å². The molecular weight excluding hydrogens is 648 g/mol. The first kappa shape index (κ1) is 38.2. The van der Waals surface area contributed by atoms with E-state index in [1.807, 2.05) is 0 Å². The van der Waals surface area contributed by atoms with Gasteiger partial charge in [-0.05, 0) is 104 Å². The number of ether oxygens (including phenoxy) is 4. The first-order valence-electron chi connectivity index (χ1n) is 17.1. The highest BCUT2D eigenvalue weighted by Gasteiger charge is 2.19. The average Bonchev–Trinajstić information content (AvgIpc) is 3.13. The SMILES string of the molecule is CCCCCCCOc1ccc(C(=O)Oc2ccc(C[C@H](NC(=O)c3ccc(NC(=O)Cc4cc(OC)cc(OC)c4)cc3)C(C)=O)cc2)cc1. The van der Waals surface area contributed by atoms with E-state index < -0.39 is 17.9 Å². The molecule has 0 saturated carbocycles. The summed E-state index contributed by atoms with van der Waals surface area (Å²) in [6, 6.07) is 24.6. The van der Waals surface area contributed by atoms with Crippen LogP contribution in [0.25, 0.3) is 0 Å². The van der Waals surface area contributed by atoms with E-state index in [0.29, 0.717) is 46.4 Å². The van der Waals surface area contributed by atoms with Crippen molar-refractivity contribution in [2.75, 3.05) is 26.1 Å². The summed E-state index contributed by atoms with van der Waals surface area (Å²) >= 11 is 0. The first-order valence-corrected chi connectivity index (χ1v) is 17.1. The lowest BCUT2D eigenvalue weighted by Gasteiger charge is -2.17. The molecule has 4 aromatic carbocycles. The van der Waals surface area contributed by atoms with Crippen LogP contribution in [0.3, 0.4) is 0 Å². The third kappa shape index (κ3) is 12.3. The van der Waals surface area contributed by atoms with E-state index >= 15 is 0 Å². The second-order valence-corrected chi connectivity index (χ2v) is 12.2. The van der Waals surface area contributed by atoms with Crippen molar-refractivity contribution in [2.24, 2.45) is 0 Å². The Balaban J connectivity index is 1.25. The van der Waals surface area contributed by atoms with Gasteiger partial charge in [0.2, 0.25) is 5.91 Å². The molecule has 0 saturated heterocycles. The number of carbonyl (C=O) groups excluding carboxylic acids is 4. The number of esters is 1. The Hall–Kier alpha value is -5.64. The maximum atomic E-state index is 13.0. The van der Waals surface area contributed by atoms with Crippen molar-refractivity contribution >= 4 is 29.3 Å². The van der Waals surface area contributed by atoms with Crippen LogP contribution in [0.15, 0.2) is 91.0 Å². The average molecular weight is 695 g/mol. The highest BCUT2D eigenvalue weighted by molar-refractivity contribution is 5.98. The second-order valence-electron chi connectivity index (χ2n) is 12.2. The van der Waals surface area contributed by atoms with E-state index in [1.54, 1.807) is 105 Å². The number of ketones is 1. The van der Waals surface area contributed by atoms with Crippen molar-refractivity contribution in [3.8, 4) is 23.0 Å². The van der Waals surface area contributed by atoms with Gasteiger partial charge in [0.05, 0.1) is 38.9 Å². The van der Waals surface area contributed by atoms with Crippen LogP contribution in [0.4, 0.5) is 5.69 Å².